The van der Waals surface area contributed by atoms with E-state index < -0.39 is 16.6 Å². The number of aromatic amines is 1. The highest BCUT2D eigenvalue weighted by Crippen LogP contribution is 2.42. The largest absolute Gasteiger partial charge is 0.412 e. The van der Waals surface area contributed by atoms with E-state index >= 15 is 0 Å². The molecule has 0 bridgehead atoms. The Bertz CT molecular complexity index is 841. The third kappa shape index (κ3) is 5.80. The van der Waals surface area contributed by atoms with Gasteiger partial charge in [0.05, 0.1) is 17.8 Å². The van der Waals surface area contributed by atoms with E-state index in [0.29, 0.717) is 24.3 Å². The smallest absolute Gasteiger partial charge is 0.257 e. The standard InChI is InChI=1S/C22H44N4O3Si2/c1-14(28-30(8,9)21(2,3)4)17(29-31(10,11)22(5,6)7)15-12-16-18(24-13-15)25-20(23)26-19(16)27/h14-15,17H,12-13H2,1-11H3,(H4,23,24,25,26,27)/t14?,15-,17+/m1/s1. The van der Waals surface area contributed by atoms with Gasteiger partial charge in [-0.1, -0.05) is 41.5 Å². The van der Waals surface area contributed by atoms with Crippen molar-refractivity contribution in [1.29, 1.82) is 0 Å². The molecule has 0 radical (unpaired) electrons. The zero-order valence-electron chi connectivity index (χ0n) is 21.4. The number of H-pyrrole nitrogens is 1. The van der Waals surface area contributed by atoms with E-state index in [4.69, 9.17) is 14.6 Å². The lowest BCUT2D eigenvalue weighted by atomic mass is 9.89. The molecule has 1 aliphatic rings. The van der Waals surface area contributed by atoms with Crippen molar-refractivity contribution < 1.29 is 8.85 Å². The van der Waals surface area contributed by atoms with Gasteiger partial charge in [0.2, 0.25) is 5.95 Å². The highest BCUT2D eigenvalue weighted by Gasteiger charge is 2.46. The molecule has 2 rings (SSSR count). The predicted molar refractivity (Wildman–Crippen MR) is 135 cm³/mol. The number of fused-ring (bicyclic) bond motifs is 1. The lowest BCUT2D eigenvalue weighted by molar-refractivity contribution is 0.0108. The summed E-state index contributed by atoms with van der Waals surface area (Å²) in [6, 6.07) is 0. The van der Waals surface area contributed by atoms with Crippen LogP contribution in [-0.2, 0) is 15.3 Å². The van der Waals surface area contributed by atoms with E-state index in [0.717, 1.165) is 0 Å². The van der Waals surface area contributed by atoms with E-state index in [1.807, 2.05) is 0 Å². The fraction of sp³-hybridized carbons (Fsp3) is 0.818. The third-order valence-corrected chi connectivity index (χ3v) is 16.5. The molecule has 1 aliphatic heterocycles. The van der Waals surface area contributed by atoms with Crippen molar-refractivity contribution in [3.63, 3.8) is 0 Å². The first-order valence-corrected chi connectivity index (χ1v) is 17.2. The minimum atomic E-state index is -2.06. The van der Waals surface area contributed by atoms with E-state index in [9.17, 15) is 4.79 Å². The van der Waals surface area contributed by atoms with E-state index in [2.05, 4.69) is 89.9 Å². The molecule has 7 nitrogen and oxygen atoms in total. The van der Waals surface area contributed by atoms with Crippen LogP contribution in [0.5, 0.6) is 0 Å². The second kappa shape index (κ2) is 8.64. The van der Waals surface area contributed by atoms with E-state index in [1.165, 1.54) is 0 Å². The Morgan fingerprint density at radius 2 is 1.55 bits per heavy atom. The zero-order chi connectivity index (χ0) is 24.0. The van der Waals surface area contributed by atoms with Gasteiger partial charge in [0.25, 0.3) is 5.56 Å². The maximum absolute atomic E-state index is 12.6. The molecule has 3 atom stereocenters. The van der Waals surface area contributed by atoms with Gasteiger partial charge in [0, 0.05) is 12.5 Å². The van der Waals surface area contributed by atoms with Crippen LogP contribution in [-0.4, -0.2) is 45.4 Å². The molecule has 2 heterocycles. The molecule has 0 saturated carbocycles. The summed E-state index contributed by atoms with van der Waals surface area (Å²) in [5, 5.41) is 3.52. The van der Waals surface area contributed by atoms with Gasteiger partial charge in [0.1, 0.15) is 5.82 Å². The van der Waals surface area contributed by atoms with E-state index in [1.54, 1.807) is 0 Å². The first-order valence-electron chi connectivity index (χ1n) is 11.3. The lowest BCUT2D eigenvalue weighted by Gasteiger charge is -2.47. The number of nitrogens with two attached hydrogens (primary N) is 1. The quantitative estimate of drug-likeness (QED) is 0.521. The van der Waals surface area contributed by atoms with Crippen molar-refractivity contribution in [3.8, 4) is 0 Å². The fourth-order valence-electron chi connectivity index (χ4n) is 3.45. The summed E-state index contributed by atoms with van der Waals surface area (Å²) in [6.07, 6.45) is 0.395. The van der Waals surface area contributed by atoms with Crippen molar-refractivity contribution in [2.75, 3.05) is 17.6 Å². The van der Waals surface area contributed by atoms with Gasteiger partial charge in [-0.05, 0) is 49.6 Å². The maximum Gasteiger partial charge on any atom is 0.257 e. The van der Waals surface area contributed by atoms with Gasteiger partial charge in [0.15, 0.2) is 16.6 Å². The zero-order valence-corrected chi connectivity index (χ0v) is 23.4. The number of nitrogen functional groups attached to an aromatic ring is 1. The maximum atomic E-state index is 12.6. The van der Waals surface area contributed by atoms with Crippen LogP contribution in [0.25, 0.3) is 0 Å². The Morgan fingerprint density at radius 1 is 1.03 bits per heavy atom. The number of nitrogens with one attached hydrogen (secondary N) is 2. The Balaban J connectivity index is 2.39. The summed E-state index contributed by atoms with van der Waals surface area (Å²) in [4.78, 5) is 19.5. The molecule has 0 saturated heterocycles. The van der Waals surface area contributed by atoms with Gasteiger partial charge in [-0.2, -0.15) is 4.98 Å². The number of anilines is 2. The average molecular weight is 469 g/mol. The number of nitrogens with zero attached hydrogens (tertiary/aromatic N) is 1. The first-order chi connectivity index (χ1) is 13.9. The number of aromatic nitrogens is 2. The molecule has 4 N–H and O–H groups in total. The Labute approximate surface area is 190 Å². The first kappa shape index (κ1) is 26.1. The van der Waals surface area contributed by atoms with Crippen molar-refractivity contribution in [2.45, 2.75) is 103 Å². The normalized spacial score (nSPS) is 20.0. The molecule has 1 aromatic heterocycles. The molecule has 0 spiro atoms. The molecule has 0 aromatic carbocycles. The highest BCUT2D eigenvalue weighted by molar-refractivity contribution is 6.74. The van der Waals surface area contributed by atoms with E-state index in [-0.39, 0.29) is 39.7 Å². The van der Waals surface area contributed by atoms with Crippen LogP contribution >= 0.6 is 0 Å². The fourth-order valence-corrected chi connectivity index (χ4v) is 6.28. The van der Waals surface area contributed by atoms with Crippen LogP contribution in [0.1, 0.15) is 54.0 Å². The molecular weight excluding hydrogens is 424 g/mol. The molecule has 0 fully saturated rings. The van der Waals surface area contributed by atoms with Crippen LogP contribution < -0.4 is 16.6 Å². The van der Waals surface area contributed by atoms with Gasteiger partial charge >= 0.3 is 0 Å². The summed E-state index contributed by atoms with van der Waals surface area (Å²) >= 11 is 0. The van der Waals surface area contributed by atoms with Crippen LogP contribution in [0.4, 0.5) is 11.8 Å². The van der Waals surface area contributed by atoms with Crippen LogP contribution in [0.15, 0.2) is 4.79 Å². The lowest BCUT2D eigenvalue weighted by Crippen LogP contribution is -2.55. The van der Waals surface area contributed by atoms with Crippen molar-refractivity contribution in [3.05, 3.63) is 15.9 Å². The number of hydrogen-bond donors (Lipinski definition) is 3. The van der Waals surface area contributed by atoms with Gasteiger partial charge < -0.3 is 19.9 Å². The Kier molecular flexibility index (Phi) is 7.28. The van der Waals surface area contributed by atoms with Crippen LogP contribution in [0.2, 0.25) is 36.3 Å². The third-order valence-electron chi connectivity index (χ3n) is 7.48. The summed E-state index contributed by atoms with van der Waals surface area (Å²) in [7, 11) is -4.05. The molecule has 0 aliphatic carbocycles. The van der Waals surface area contributed by atoms with Gasteiger partial charge in [-0.3, -0.25) is 9.78 Å². The second-order valence-corrected chi connectivity index (χ2v) is 21.6. The summed E-state index contributed by atoms with van der Waals surface area (Å²) in [5.41, 5.74) is 6.20. The molecule has 31 heavy (non-hydrogen) atoms. The molecule has 0 amide bonds. The average Bonchev–Trinajstić information content (AvgIpc) is 2.57. The van der Waals surface area contributed by atoms with Crippen molar-refractivity contribution >= 4 is 28.4 Å². The highest BCUT2D eigenvalue weighted by atomic mass is 28.4. The van der Waals surface area contributed by atoms with Crippen LogP contribution in [0.3, 0.4) is 0 Å². The minimum absolute atomic E-state index is 0.0788. The molecule has 1 aromatic rings. The van der Waals surface area contributed by atoms with Crippen molar-refractivity contribution in [1.82, 2.24) is 9.97 Å². The summed E-state index contributed by atoms with van der Waals surface area (Å²) in [6.45, 7) is 25.4. The predicted octanol–water partition coefficient (Wildman–Crippen LogP) is 4.74. The topological polar surface area (TPSA) is 102 Å². The summed E-state index contributed by atoms with van der Waals surface area (Å²) < 4.78 is 13.8. The minimum Gasteiger partial charge on any atom is -0.412 e. The molecule has 9 heteroatoms. The number of hydrogen-bond acceptors (Lipinski definition) is 6. The summed E-state index contributed by atoms with van der Waals surface area (Å²) in [5.74, 6) is 0.827. The SMILES string of the molecule is CC(O[Si](C)(C)C(C)(C)C)[C@H](O[Si](C)(C)C(C)(C)C)[C@H]1CNc2nc(N)[nH]c(=O)c2C1. The number of rotatable bonds is 6. The molecular formula is C22H44N4O3Si2. The molecule has 1 unspecified atom stereocenters. The van der Waals surface area contributed by atoms with Gasteiger partial charge in [-0.25, -0.2) is 0 Å². The molecule has 178 valence electrons. The Morgan fingerprint density at radius 3 is 2.06 bits per heavy atom. The Hall–Kier alpha value is -1.17. The van der Waals surface area contributed by atoms with Crippen LogP contribution in [0, 0.1) is 5.92 Å². The van der Waals surface area contributed by atoms with Gasteiger partial charge in [-0.15, -0.1) is 0 Å². The second-order valence-electron chi connectivity index (χ2n) is 12.0. The monoisotopic (exact) mass is 468 g/mol. The van der Waals surface area contributed by atoms with Crippen molar-refractivity contribution in [2.24, 2.45) is 5.92 Å².